The minimum absolute atomic E-state index is 0.0339. The normalized spacial score (nSPS) is 14.9. The van der Waals surface area contributed by atoms with E-state index in [1.165, 1.54) is 22.5 Å². The van der Waals surface area contributed by atoms with Crippen molar-refractivity contribution in [1.82, 2.24) is 10.2 Å². The van der Waals surface area contributed by atoms with Crippen molar-refractivity contribution in [1.29, 1.82) is 0 Å². The fourth-order valence-corrected chi connectivity index (χ4v) is 3.67. The number of nitrogens with one attached hydrogen (secondary N) is 1. The summed E-state index contributed by atoms with van der Waals surface area (Å²) >= 11 is 1.51. The smallest absolute Gasteiger partial charge is 0.312 e. The van der Waals surface area contributed by atoms with Crippen LogP contribution in [-0.2, 0) is 17.8 Å². The Morgan fingerprint density at radius 1 is 1.22 bits per heavy atom. The lowest BCUT2D eigenvalue weighted by Gasteiger charge is -2.30. The minimum atomic E-state index is -0.611. The molecule has 0 aliphatic carbocycles. The summed E-state index contributed by atoms with van der Waals surface area (Å²) in [5, 5.41) is 4.60. The van der Waals surface area contributed by atoms with Crippen molar-refractivity contribution >= 4 is 23.3 Å². The van der Waals surface area contributed by atoms with Crippen molar-refractivity contribution in [2.45, 2.75) is 25.4 Å². The Morgan fingerprint density at radius 3 is 2.70 bits per heavy atom. The van der Waals surface area contributed by atoms with Crippen LogP contribution in [0.25, 0.3) is 0 Å². The third-order valence-electron chi connectivity index (χ3n) is 4.07. The van der Waals surface area contributed by atoms with E-state index in [1.54, 1.807) is 0 Å². The molecule has 1 aromatic carbocycles. The monoisotopic (exact) mass is 329 g/mol. The lowest BCUT2D eigenvalue weighted by atomic mass is 9.99. The van der Waals surface area contributed by atoms with Crippen molar-refractivity contribution < 1.29 is 9.59 Å². The van der Waals surface area contributed by atoms with Crippen LogP contribution in [0.15, 0.2) is 41.8 Å². The van der Waals surface area contributed by atoms with Gasteiger partial charge >= 0.3 is 6.03 Å². The van der Waals surface area contributed by atoms with Gasteiger partial charge in [0.05, 0.1) is 12.5 Å². The molecule has 120 valence electrons. The quantitative estimate of drug-likeness (QED) is 0.904. The van der Waals surface area contributed by atoms with Gasteiger partial charge in [0, 0.05) is 18.0 Å². The molecule has 23 heavy (non-hydrogen) atoms. The number of hydrogen-bond donors (Lipinski definition) is 2. The van der Waals surface area contributed by atoms with E-state index in [-0.39, 0.29) is 18.4 Å². The first-order valence-corrected chi connectivity index (χ1v) is 8.45. The zero-order chi connectivity index (χ0) is 16.2. The van der Waals surface area contributed by atoms with Crippen LogP contribution in [0.5, 0.6) is 0 Å². The first kappa shape index (κ1) is 15.6. The molecule has 0 fully saturated rings. The van der Waals surface area contributed by atoms with Gasteiger partial charge in [-0.3, -0.25) is 4.79 Å². The van der Waals surface area contributed by atoms with Gasteiger partial charge in [-0.2, -0.15) is 0 Å². The van der Waals surface area contributed by atoms with Gasteiger partial charge in [0.25, 0.3) is 0 Å². The zero-order valence-electron chi connectivity index (χ0n) is 12.7. The third-order valence-corrected chi connectivity index (χ3v) is 5.05. The van der Waals surface area contributed by atoms with Gasteiger partial charge in [0.1, 0.15) is 0 Å². The Bertz CT molecular complexity index is 700. The molecule has 3 rings (SSSR count). The Morgan fingerprint density at radius 2 is 2.00 bits per heavy atom. The summed E-state index contributed by atoms with van der Waals surface area (Å²) in [6, 6.07) is 11.0. The molecule has 0 radical (unpaired) electrons. The summed E-state index contributed by atoms with van der Waals surface area (Å²) in [5.74, 6) is 0.0339. The van der Waals surface area contributed by atoms with Crippen LogP contribution in [0, 0.1) is 0 Å². The van der Waals surface area contributed by atoms with E-state index in [4.69, 9.17) is 5.73 Å². The Hall–Kier alpha value is -2.34. The Balaban J connectivity index is 1.69. The molecule has 0 spiro atoms. The molecule has 6 heteroatoms. The fourth-order valence-electron chi connectivity index (χ4n) is 2.90. The zero-order valence-corrected chi connectivity index (χ0v) is 13.5. The van der Waals surface area contributed by atoms with E-state index >= 15 is 0 Å². The largest absolute Gasteiger partial charge is 0.352 e. The van der Waals surface area contributed by atoms with E-state index in [1.807, 2.05) is 34.5 Å². The molecule has 3 amide bonds. The second-order valence-corrected chi connectivity index (χ2v) is 6.59. The maximum Gasteiger partial charge on any atom is 0.312 e. The second-order valence-electron chi connectivity index (χ2n) is 5.61. The maximum absolute atomic E-state index is 12.6. The molecule has 1 aliphatic heterocycles. The molecule has 1 unspecified atom stereocenters. The van der Waals surface area contributed by atoms with E-state index in [0.29, 0.717) is 13.1 Å². The molecule has 0 saturated heterocycles. The SMILES string of the molecule is NC(=O)NC(CC(=O)N1CCc2ccccc2C1)c1cccs1. The van der Waals surface area contributed by atoms with Gasteiger partial charge in [-0.15, -0.1) is 11.3 Å². The number of hydrogen-bond acceptors (Lipinski definition) is 3. The van der Waals surface area contributed by atoms with Crippen molar-refractivity contribution in [3.63, 3.8) is 0 Å². The molecule has 3 N–H and O–H groups in total. The highest BCUT2D eigenvalue weighted by atomic mass is 32.1. The molecule has 2 aromatic rings. The molecule has 5 nitrogen and oxygen atoms in total. The summed E-state index contributed by atoms with van der Waals surface area (Å²) in [7, 11) is 0. The molecular weight excluding hydrogens is 310 g/mol. The van der Waals surface area contributed by atoms with E-state index < -0.39 is 6.03 Å². The Kier molecular flexibility index (Phi) is 4.62. The first-order chi connectivity index (χ1) is 11.1. The topological polar surface area (TPSA) is 75.4 Å². The minimum Gasteiger partial charge on any atom is -0.352 e. The number of nitrogens with two attached hydrogens (primary N) is 1. The van der Waals surface area contributed by atoms with Crippen LogP contribution in [-0.4, -0.2) is 23.4 Å². The Labute approximate surface area is 139 Å². The highest BCUT2D eigenvalue weighted by Gasteiger charge is 2.25. The van der Waals surface area contributed by atoms with Gasteiger partial charge < -0.3 is 16.0 Å². The van der Waals surface area contributed by atoms with E-state index in [0.717, 1.165) is 11.3 Å². The average Bonchev–Trinajstić information content (AvgIpc) is 3.07. The second kappa shape index (κ2) is 6.83. The standard InChI is InChI=1S/C17H19N3O2S/c18-17(22)19-14(15-6-3-9-23-15)10-16(21)20-8-7-12-4-1-2-5-13(12)11-20/h1-6,9,14H,7-8,10-11H2,(H3,18,19,22). The number of carbonyl (C=O) groups excluding carboxylic acids is 2. The molecule has 1 aromatic heterocycles. The summed E-state index contributed by atoms with van der Waals surface area (Å²) in [5.41, 5.74) is 7.75. The van der Waals surface area contributed by atoms with E-state index in [9.17, 15) is 9.59 Å². The molecular formula is C17H19N3O2S. The highest BCUT2D eigenvalue weighted by Crippen LogP contribution is 2.25. The predicted molar refractivity (Wildman–Crippen MR) is 90.0 cm³/mol. The van der Waals surface area contributed by atoms with Crippen LogP contribution in [0.4, 0.5) is 4.79 Å². The number of rotatable bonds is 4. The lowest BCUT2D eigenvalue weighted by molar-refractivity contribution is -0.132. The van der Waals surface area contributed by atoms with Crippen LogP contribution >= 0.6 is 11.3 Å². The molecule has 0 bridgehead atoms. The van der Waals surface area contributed by atoms with Gasteiger partial charge in [-0.25, -0.2) is 4.79 Å². The maximum atomic E-state index is 12.6. The third kappa shape index (κ3) is 3.71. The summed E-state index contributed by atoms with van der Waals surface area (Å²) in [6.07, 6.45) is 1.10. The molecule has 0 saturated carbocycles. The van der Waals surface area contributed by atoms with Gasteiger partial charge in [-0.1, -0.05) is 30.3 Å². The number of carbonyl (C=O) groups is 2. The number of nitrogens with zero attached hydrogens (tertiary/aromatic N) is 1. The van der Waals surface area contributed by atoms with Crippen LogP contribution in [0.3, 0.4) is 0 Å². The van der Waals surface area contributed by atoms with Crippen LogP contribution < -0.4 is 11.1 Å². The number of urea groups is 1. The number of thiophene rings is 1. The highest BCUT2D eigenvalue weighted by molar-refractivity contribution is 7.10. The van der Waals surface area contributed by atoms with Crippen LogP contribution in [0.2, 0.25) is 0 Å². The van der Waals surface area contributed by atoms with Crippen molar-refractivity contribution in [3.05, 3.63) is 57.8 Å². The number of fused-ring (bicyclic) bond motifs is 1. The summed E-state index contributed by atoms with van der Waals surface area (Å²) in [4.78, 5) is 26.6. The van der Waals surface area contributed by atoms with Gasteiger partial charge in [0.2, 0.25) is 5.91 Å². The fraction of sp³-hybridized carbons (Fsp3) is 0.294. The van der Waals surface area contributed by atoms with Crippen molar-refractivity contribution in [3.8, 4) is 0 Å². The number of benzene rings is 1. The molecule has 2 heterocycles. The number of amides is 3. The lowest BCUT2D eigenvalue weighted by Crippen LogP contribution is -2.40. The van der Waals surface area contributed by atoms with E-state index in [2.05, 4.69) is 17.4 Å². The van der Waals surface area contributed by atoms with Crippen LogP contribution in [0.1, 0.15) is 28.5 Å². The summed E-state index contributed by atoms with van der Waals surface area (Å²) in [6.45, 7) is 1.34. The van der Waals surface area contributed by atoms with Crippen molar-refractivity contribution in [2.75, 3.05) is 6.54 Å². The average molecular weight is 329 g/mol. The van der Waals surface area contributed by atoms with Crippen molar-refractivity contribution in [2.24, 2.45) is 5.73 Å². The first-order valence-electron chi connectivity index (χ1n) is 7.57. The van der Waals surface area contributed by atoms with Gasteiger partial charge in [-0.05, 0) is 29.0 Å². The number of primary amides is 1. The molecule has 1 atom stereocenters. The summed E-state index contributed by atoms with van der Waals surface area (Å²) < 4.78 is 0. The predicted octanol–water partition coefficient (Wildman–Crippen LogP) is 2.43. The molecule has 1 aliphatic rings. The van der Waals surface area contributed by atoms with Gasteiger partial charge in [0.15, 0.2) is 0 Å².